The van der Waals surface area contributed by atoms with Crippen LogP contribution in [0.25, 0.3) is 0 Å². The Morgan fingerprint density at radius 1 is 1.36 bits per heavy atom. The fraction of sp³-hybridized carbons (Fsp3) is 0.222. The predicted octanol–water partition coefficient (Wildman–Crippen LogP) is 1.34. The highest BCUT2D eigenvalue weighted by molar-refractivity contribution is 5.57. The maximum Gasteiger partial charge on any atom is 0.0178 e. The van der Waals surface area contributed by atoms with Gasteiger partial charge in [-0.05, 0) is 17.3 Å². The van der Waals surface area contributed by atoms with Crippen LogP contribution in [0.2, 0.25) is 0 Å². The maximum atomic E-state index is 6.91. The molecule has 0 saturated carbocycles. The highest BCUT2D eigenvalue weighted by Gasteiger charge is 1.91. The summed E-state index contributed by atoms with van der Waals surface area (Å²) in [5, 5.41) is 6.91. The first-order valence-corrected chi connectivity index (χ1v) is 3.63. The number of hydrogen-bond donors (Lipinski definition) is 2. The molecule has 0 aliphatic rings. The molecule has 0 aliphatic carbocycles. The molecule has 0 aromatic heterocycles. The Labute approximate surface area is 66.6 Å². The van der Waals surface area contributed by atoms with Crippen LogP contribution in [0.1, 0.15) is 11.1 Å². The van der Waals surface area contributed by atoms with Gasteiger partial charge in [-0.15, -0.1) is 0 Å². The molecule has 0 aliphatic heterocycles. The highest BCUT2D eigenvalue weighted by atomic mass is 14.5. The van der Waals surface area contributed by atoms with Gasteiger partial charge in [-0.25, -0.2) is 0 Å². The summed E-state index contributed by atoms with van der Waals surface area (Å²) in [6.45, 7) is 0.575. The molecule has 0 radical (unpaired) electrons. The van der Waals surface area contributed by atoms with Crippen molar-refractivity contribution in [3.63, 3.8) is 0 Å². The lowest BCUT2D eigenvalue weighted by atomic mass is 10.1. The Hall–Kier alpha value is -1.15. The SMILES string of the molecule is N=CCc1cccc(CN)c1. The number of hydrogen-bond acceptors (Lipinski definition) is 2. The topological polar surface area (TPSA) is 49.9 Å². The third kappa shape index (κ3) is 2.16. The predicted molar refractivity (Wildman–Crippen MR) is 46.8 cm³/mol. The standard InChI is InChI=1S/C9H12N2/c10-5-4-8-2-1-3-9(6-8)7-11/h1-3,5-6,10H,4,7,11H2. The average molecular weight is 148 g/mol. The van der Waals surface area contributed by atoms with E-state index in [0.717, 1.165) is 11.1 Å². The van der Waals surface area contributed by atoms with Gasteiger partial charge >= 0.3 is 0 Å². The lowest BCUT2D eigenvalue weighted by Crippen LogP contribution is -1.97. The Morgan fingerprint density at radius 3 is 2.73 bits per heavy atom. The molecule has 0 heterocycles. The lowest BCUT2D eigenvalue weighted by molar-refractivity contribution is 1.06. The van der Waals surface area contributed by atoms with Crippen molar-refractivity contribution >= 4 is 6.21 Å². The van der Waals surface area contributed by atoms with Gasteiger partial charge in [0.25, 0.3) is 0 Å². The van der Waals surface area contributed by atoms with Crippen LogP contribution in [0.5, 0.6) is 0 Å². The zero-order valence-corrected chi connectivity index (χ0v) is 6.38. The summed E-state index contributed by atoms with van der Waals surface area (Å²) >= 11 is 0. The molecule has 1 rings (SSSR count). The molecule has 0 amide bonds. The first-order valence-electron chi connectivity index (χ1n) is 3.63. The molecule has 2 nitrogen and oxygen atoms in total. The van der Waals surface area contributed by atoms with E-state index in [9.17, 15) is 0 Å². The number of benzene rings is 1. The van der Waals surface area contributed by atoms with Crippen LogP contribution in [-0.4, -0.2) is 6.21 Å². The minimum atomic E-state index is 0.575. The fourth-order valence-corrected chi connectivity index (χ4v) is 1.00. The molecule has 11 heavy (non-hydrogen) atoms. The first-order chi connectivity index (χ1) is 5.36. The average Bonchev–Trinajstić information content (AvgIpc) is 2.06. The van der Waals surface area contributed by atoms with Crippen LogP contribution >= 0.6 is 0 Å². The molecule has 3 N–H and O–H groups in total. The van der Waals surface area contributed by atoms with Crippen LogP contribution in [0, 0.1) is 5.41 Å². The molecule has 0 unspecified atom stereocenters. The summed E-state index contributed by atoms with van der Waals surface area (Å²) in [5.41, 5.74) is 7.74. The molecule has 1 aromatic rings. The van der Waals surface area contributed by atoms with Gasteiger partial charge < -0.3 is 11.1 Å². The van der Waals surface area contributed by atoms with Gasteiger partial charge in [0, 0.05) is 13.0 Å². The monoisotopic (exact) mass is 148 g/mol. The van der Waals surface area contributed by atoms with Crippen LogP contribution < -0.4 is 5.73 Å². The van der Waals surface area contributed by atoms with E-state index < -0.39 is 0 Å². The van der Waals surface area contributed by atoms with E-state index in [1.807, 2.05) is 24.3 Å². The molecule has 58 valence electrons. The van der Waals surface area contributed by atoms with Crippen molar-refractivity contribution in [1.82, 2.24) is 0 Å². The van der Waals surface area contributed by atoms with Crippen molar-refractivity contribution in [2.45, 2.75) is 13.0 Å². The molecule has 0 saturated heterocycles. The van der Waals surface area contributed by atoms with Gasteiger partial charge in [-0.3, -0.25) is 0 Å². The van der Waals surface area contributed by atoms with Gasteiger partial charge in [0.1, 0.15) is 0 Å². The van der Waals surface area contributed by atoms with Gasteiger partial charge in [0.15, 0.2) is 0 Å². The van der Waals surface area contributed by atoms with E-state index in [1.165, 1.54) is 6.21 Å². The Kier molecular flexibility index (Phi) is 2.81. The second-order valence-electron chi connectivity index (χ2n) is 2.43. The fourth-order valence-electron chi connectivity index (χ4n) is 1.00. The van der Waals surface area contributed by atoms with Gasteiger partial charge in [0.05, 0.1) is 0 Å². The van der Waals surface area contributed by atoms with E-state index in [0.29, 0.717) is 13.0 Å². The molecule has 0 atom stereocenters. The van der Waals surface area contributed by atoms with E-state index >= 15 is 0 Å². The van der Waals surface area contributed by atoms with Crippen molar-refractivity contribution in [3.05, 3.63) is 35.4 Å². The van der Waals surface area contributed by atoms with Crippen LogP contribution in [0.15, 0.2) is 24.3 Å². The largest absolute Gasteiger partial charge is 0.326 e. The van der Waals surface area contributed by atoms with Crippen molar-refractivity contribution in [3.8, 4) is 0 Å². The highest BCUT2D eigenvalue weighted by Crippen LogP contribution is 2.03. The third-order valence-electron chi connectivity index (χ3n) is 1.56. The smallest absolute Gasteiger partial charge is 0.0178 e. The molecular formula is C9H12N2. The maximum absolute atomic E-state index is 6.91. The summed E-state index contributed by atoms with van der Waals surface area (Å²) in [5.74, 6) is 0. The lowest BCUT2D eigenvalue weighted by Gasteiger charge is -1.98. The van der Waals surface area contributed by atoms with Crippen molar-refractivity contribution in [2.24, 2.45) is 5.73 Å². The summed E-state index contributed by atoms with van der Waals surface area (Å²) in [6.07, 6.45) is 2.10. The Balaban J connectivity index is 2.82. The molecule has 0 spiro atoms. The van der Waals surface area contributed by atoms with Crippen LogP contribution in [0.4, 0.5) is 0 Å². The third-order valence-corrected chi connectivity index (χ3v) is 1.56. The van der Waals surface area contributed by atoms with Gasteiger partial charge in [-0.2, -0.15) is 0 Å². The van der Waals surface area contributed by atoms with Crippen LogP contribution in [-0.2, 0) is 13.0 Å². The molecule has 2 heteroatoms. The van der Waals surface area contributed by atoms with Crippen molar-refractivity contribution in [2.75, 3.05) is 0 Å². The minimum absolute atomic E-state index is 0.575. The first kappa shape index (κ1) is 7.95. The van der Waals surface area contributed by atoms with Gasteiger partial charge in [-0.1, -0.05) is 24.3 Å². The van der Waals surface area contributed by atoms with Crippen LogP contribution in [0.3, 0.4) is 0 Å². The van der Waals surface area contributed by atoms with E-state index in [4.69, 9.17) is 11.1 Å². The quantitative estimate of drug-likeness (QED) is 0.624. The van der Waals surface area contributed by atoms with E-state index in [2.05, 4.69) is 0 Å². The zero-order chi connectivity index (χ0) is 8.10. The Morgan fingerprint density at radius 2 is 2.09 bits per heavy atom. The second kappa shape index (κ2) is 3.88. The Bertz CT molecular complexity index is 243. The summed E-state index contributed by atoms with van der Waals surface area (Å²) in [4.78, 5) is 0. The normalized spacial score (nSPS) is 9.55. The molecule has 0 bridgehead atoms. The summed E-state index contributed by atoms with van der Waals surface area (Å²) in [7, 11) is 0. The van der Waals surface area contributed by atoms with Gasteiger partial charge in [0.2, 0.25) is 0 Å². The van der Waals surface area contributed by atoms with Crippen molar-refractivity contribution < 1.29 is 0 Å². The second-order valence-corrected chi connectivity index (χ2v) is 2.43. The van der Waals surface area contributed by atoms with Crippen molar-refractivity contribution in [1.29, 1.82) is 5.41 Å². The number of nitrogens with two attached hydrogens (primary N) is 1. The number of nitrogens with one attached hydrogen (secondary N) is 1. The summed E-state index contributed by atoms with van der Waals surface area (Å²) in [6, 6.07) is 8.00. The molecular weight excluding hydrogens is 136 g/mol. The minimum Gasteiger partial charge on any atom is -0.326 e. The zero-order valence-electron chi connectivity index (χ0n) is 6.38. The summed E-state index contributed by atoms with van der Waals surface area (Å²) < 4.78 is 0. The van der Waals surface area contributed by atoms with E-state index in [-0.39, 0.29) is 0 Å². The molecule has 1 aromatic carbocycles. The van der Waals surface area contributed by atoms with E-state index in [1.54, 1.807) is 0 Å². The number of rotatable bonds is 3. The molecule has 0 fully saturated rings.